The summed E-state index contributed by atoms with van der Waals surface area (Å²) in [5.74, 6) is -6.30. The van der Waals surface area contributed by atoms with E-state index in [0.29, 0.717) is 0 Å². The van der Waals surface area contributed by atoms with Gasteiger partial charge >= 0.3 is 5.97 Å². The Morgan fingerprint density at radius 2 is 1.52 bits per heavy atom. The van der Waals surface area contributed by atoms with Crippen molar-refractivity contribution in [2.45, 2.75) is 118 Å². The van der Waals surface area contributed by atoms with Crippen LogP contribution in [0.15, 0.2) is 0 Å². The van der Waals surface area contributed by atoms with Gasteiger partial charge in [-0.25, -0.2) is 4.79 Å². The standard InChI is InChI=1S/C27H46N2O19/c1-9(32)28-15-11(34)5-27(26(40)41,47-21(15)17(36)12(35)6-30)48-23-18(37)13(7-31)45-25(19(23)38)46-22-16(29-10(2)33)24(39)44-14(8-42-3)20(22)43-4/h11-25,30-31,34-39H,5-8H2,1-4H3,(H,28,32)(H,29,33)(H,40,41)/t11-,12+,13+,14+,15+,16+,17+,18-,19+,20+,21+,22+,23-,24+,25-,27-/m0/s1. The summed E-state index contributed by atoms with van der Waals surface area (Å²) in [6, 6.07) is -2.87. The third-order valence-electron chi connectivity index (χ3n) is 8.26. The molecule has 3 aliphatic rings. The van der Waals surface area contributed by atoms with Gasteiger partial charge in [0.25, 0.3) is 5.79 Å². The molecule has 0 aromatic carbocycles. The van der Waals surface area contributed by atoms with E-state index in [1.54, 1.807) is 0 Å². The molecule has 0 aliphatic carbocycles. The van der Waals surface area contributed by atoms with Crippen molar-refractivity contribution in [2.75, 3.05) is 34.0 Å². The molecule has 3 heterocycles. The summed E-state index contributed by atoms with van der Waals surface area (Å²) in [5, 5.41) is 99.3. The first kappa shape index (κ1) is 40.2. The number of ether oxygens (including phenoxy) is 7. The van der Waals surface area contributed by atoms with Gasteiger partial charge in [-0.1, -0.05) is 0 Å². The highest BCUT2D eigenvalue weighted by atomic mass is 16.8. The van der Waals surface area contributed by atoms with Crippen LogP contribution in [0.4, 0.5) is 0 Å². The largest absolute Gasteiger partial charge is 0.477 e. The van der Waals surface area contributed by atoms with E-state index < -0.39 is 135 Å². The number of amides is 2. The van der Waals surface area contributed by atoms with Gasteiger partial charge in [-0.15, -0.1) is 0 Å². The van der Waals surface area contributed by atoms with Crippen LogP contribution in [0.25, 0.3) is 0 Å². The van der Waals surface area contributed by atoms with Gasteiger partial charge in [0.15, 0.2) is 12.6 Å². The Hall–Kier alpha value is -2.19. The Labute approximate surface area is 274 Å². The quantitative estimate of drug-likeness (QED) is 0.0801. The van der Waals surface area contributed by atoms with E-state index in [-0.39, 0.29) is 6.61 Å². The maximum absolute atomic E-state index is 12.7. The molecule has 3 aliphatic heterocycles. The average Bonchev–Trinajstić information content (AvgIpc) is 3.02. The number of carboxylic acids is 1. The Balaban J connectivity index is 2.00. The Morgan fingerprint density at radius 3 is 2.04 bits per heavy atom. The molecule has 21 nitrogen and oxygen atoms in total. The van der Waals surface area contributed by atoms with Gasteiger partial charge in [0.2, 0.25) is 11.8 Å². The lowest BCUT2D eigenvalue weighted by Crippen LogP contribution is -2.71. The van der Waals surface area contributed by atoms with Crippen LogP contribution in [-0.4, -0.2) is 195 Å². The smallest absolute Gasteiger partial charge is 0.364 e. The lowest BCUT2D eigenvalue weighted by molar-refractivity contribution is -0.381. The van der Waals surface area contributed by atoms with Gasteiger partial charge in [0, 0.05) is 34.5 Å². The molecule has 0 aromatic rings. The zero-order chi connectivity index (χ0) is 36.1. The number of methoxy groups -OCH3 is 2. The molecular formula is C27H46N2O19. The van der Waals surface area contributed by atoms with Gasteiger partial charge in [0.1, 0.15) is 67.1 Å². The van der Waals surface area contributed by atoms with E-state index in [9.17, 15) is 60.3 Å². The van der Waals surface area contributed by atoms with Crippen LogP contribution in [0.5, 0.6) is 0 Å². The van der Waals surface area contributed by atoms with Gasteiger partial charge in [-0.05, 0) is 0 Å². The van der Waals surface area contributed by atoms with Crippen LogP contribution < -0.4 is 10.6 Å². The van der Waals surface area contributed by atoms with Crippen molar-refractivity contribution in [3.8, 4) is 0 Å². The molecule has 0 bridgehead atoms. The third-order valence-corrected chi connectivity index (χ3v) is 8.26. The van der Waals surface area contributed by atoms with Crippen molar-refractivity contribution in [1.82, 2.24) is 10.6 Å². The van der Waals surface area contributed by atoms with Crippen LogP contribution in [0.2, 0.25) is 0 Å². The summed E-state index contributed by atoms with van der Waals surface area (Å²) in [6.45, 7) is 0.103. The van der Waals surface area contributed by atoms with E-state index in [2.05, 4.69) is 10.6 Å². The number of rotatable bonds is 14. The maximum atomic E-state index is 12.7. The fourth-order valence-corrected chi connectivity index (χ4v) is 5.98. The SMILES string of the molecule is COC[C@H]1O[C@@H](O)[C@H](NC(C)=O)[C@@H](O[C@@H]2O[C@H](CO)[C@H](O)[C@H](O[C@]3(C(=O)O)C[C@H](O)[C@@H](NC(C)=O)[C@H]([C@H](O)[C@H](O)CO)O3)[C@H]2O)[C@@H]1OC. The summed E-state index contributed by atoms with van der Waals surface area (Å²) < 4.78 is 39.0. The Morgan fingerprint density at radius 1 is 0.896 bits per heavy atom. The van der Waals surface area contributed by atoms with E-state index in [4.69, 9.17) is 33.2 Å². The molecule has 0 unspecified atom stereocenters. The number of carboxylic acid groups (broad SMARTS) is 1. The molecular weight excluding hydrogens is 656 g/mol. The molecule has 278 valence electrons. The summed E-state index contributed by atoms with van der Waals surface area (Å²) in [4.78, 5) is 36.6. The van der Waals surface area contributed by atoms with Gasteiger partial charge < -0.3 is 89.8 Å². The normalized spacial score (nSPS) is 41.6. The predicted molar refractivity (Wildman–Crippen MR) is 151 cm³/mol. The number of hydrogen-bond donors (Lipinski definition) is 11. The van der Waals surface area contributed by atoms with Crippen LogP contribution in [0, 0.1) is 0 Å². The Kier molecular flexibility index (Phi) is 14.4. The number of nitrogens with one attached hydrogen (secondary N) is 2. The third kappa shape index (κ3) is 8.75. The van der Waals surface area contributed by atoms with E-state index in [0.717, 1.165) is 13.8 Å². The minimum absolute atomic E-state index is 0.127. The number of hydrogen-bond acceptors (Lipinski definition) is 18. The molecule has 21 heteroatoms. The van der Waals surface area contributed by atoms with Crippen molar-refractivity contribution < 1.29 is 93.5 Å². The maximum Gasteiger partial charge on any atom is 0.364 e. The molecule has 2 amide bonds. The summed E-state index contributed by atoms with van der Waals surface area (Å²) in [7, 11) is 2.60. The minimum atomic E-state index is -3.00. The van der Waals surface area contributed by atoms with Gasteiger partial charge in [0.05, 0.1) is 32.0 Å². The summed E-state index contributed by atoms with van der Waals surface area (Å²) in [5.41, 5.74) is 0. The number of carbonyl (C=O) groups excluding carboxylic acids is 2. The molecule has 3 saturated heterocycles. The van der Waals surface area contributed by atoms with E-state index >= 15 is 0 Å². The molecule has 3 rings (SSSR count). The van der Waals surface area contributed by atoms with Gasteiger partial charge in [-0.3, -0.25) is 9.59 Å². The highest BCUT2D eigenvalue weighted by molar-refractivity contribution is 5.76. The molecule has 0 aromatic heterocycles. The number of aliphatic carboxylic acids is 1. The van der Waals surface area contributed by atoms with E-state index in [1.165, 1.54) is 14.2 Å². The van der Waals surface area contributed by atoms with E-state index in [1.807, 2.05) is 0 Å². The summed E-state index contributed by atoms with van der Waals surface area (Å²) >= 11 is 0. The molecule has 0 saturated carbocycles. The van der Waals surface area contributed by atoms with Crippen molar-refractivity contribution in [1.29, 1.82) is 0 Å². The second-order valence-corrected chi connectivity index (χ2v) is 11.7. The topological polar surface area (TPSA) is 322 Å². The van der Waals surface area contributed by atoms with Crippen LogP contribution in [-0.2, 0) is 47.5 Å². The molecule has 0 radical (unpaired) electrons. The van der Waals surface area contributed by atoms with Crippen LogP contribution in [0.3, 0.4) is 0 Å². The fraction of sp³-hybridized carbons (Fsp3) is 0.889. The average molecular weight is 703 g/mol. The molecule has 3 fully saturated rings. The van der Waals surface area contributed by atoms with Crippen LogP contribution >= 0.6 is 0 Å². The zero-order valence-electron chi connectivity index (χ0n) is 26.6. The lowest BCUT2D eigenvalue weighted by atomic mass is 9.88. The summed E-state index contributed by atoms with van der Waals surface area (Å²) in [6.07, 6.45) is -23.7. The Bertz CT molecular complexity index is 1090. The molecule has 0 spiro atoms. The fourth-order valence-electron chi connectivity index (χ4n) is 5.98. The first-order valence-corrected chi connectivity index (χ1v) is 15.0. The zero-order valence-corrected chi connectivity index (χ0v) is 26.6. The lowest BCUT2D eigenvalue weighted by Gasteiger charge is -2.51. The van der Waals surface area contributed by atoms with Crippen molar-refractivity contribution in [2.24, 2.45) is 0 Å². The number of carbonyl (C=O) groups is 3. The van der Waals surface area contributed by atoms with Crippen molar-refractivity contribution in [3.63, 3.8) is 0 Å². The molecule has 16 atom stereocenters. The first-order chi connectivity index (χ1) is 22.5. The second-order valence-electron chi connectivity index (χ2n) is 11.7. The van der Waals surface area contributed by atoms with Crippen molar-refractivity contribution >= 4 is 17.8 Å². The molecule has 11 N–H and O–H groups in total. The highest BCUT2D eigenvalue weighted by Crippen LogP contribution is 2.38. The van der Waals surface area contributed by atoms with Crippen molar-refractivity contribution in [3.05, 3.63) is 0 Å². The highest BCUT2D eigenvalue weighted by Gasteiger charge is 2.60. The second kappa shape index (κ2) is 17.2. The number of aliphatic hydroxyl groups is 8. The van der Waals surface area contributed by atoms with Crippen LogP contribution in [0.1, 0.15) is 20.3 Å². The molecule has 48 heavy (non-hydrogen) atoms. The minimum Gasteiger partial charge on any atom is -0.477 e. The van der Waals surface area contributed by atoms with Gasteiger partial charge in [-0.2, -0.15) is 0 Å². The number of aliphatic hydroxyl groups excluding tert-OH is 8. The predicted octanol–water partition coefficient (Wildman–Crippen LogP) is -6.77. The monoisotopic (exact) mass is 702 g/mol. The first-order valence-electron chi connectivity index (χ1n) is 15.0.